The highest BCUT2D eigenvalue weighted by molar-refractivity contribution is 7.96. The summed E-state index contributed by atoms with van der Waals surface area (Å²) in [6.07, 6.45) is 4.55. The lowest BCUT2D eigenvalue weighted by Crippen LogP contribution is -2.26. The lowest BCUT2D eigenvalue weighted by atomic mass is 9.86. The van der Waals surface area contributed by atoms with Gasteiger partial charge in [0.15, 0.2) is 5.13 Å². The topological polar surface area (TPSA) is 115 Å². The van der Waals surface area contributed by atoms with Crippen LogP contribution in [0.1, 0.15) is 17.2 Å². The number of aromatic nitrogens is 1. The SMILES string of the molecule is CN/C(=C\C=N)c1cc(Cl)ccc1C(O)C1C=CC(S(=O)(=O)Nc2nccs2)=CC1F. The summed E-state index contributed by atoms with van der Waals surface area (Å²) in [5.41, 5.74) is 1.43. The van der Waals surface area contributed by atoms with Crippen LogP contribution < -0.4 is 10.0 Å². The summed E-state index contributed by atoms with van der Waals surface area (Å²) in [6, 6.07) is 4.76. The Bertz CT molecular complexity index is 1150. The third-order valence-corrected chi connectivity index (χ3v) is 7.05. The van der Waals surface area contributed by atoms with Crippen molar-refractivity contribution in [1.29, 1.82) is 5.41 Å². The van der Waals surface area contributed by atoms with Gasteiger partial charge in [-0.25, -0.2) is 17.8 Å². The monoisotopic (exact) mass is 482 g/mol. The molecule has 1 aromatic heterocycles. The van der Waals surface area contributed by atoms with Crippen molar-refractivity contribution >= 4 is 50.0 Å². The fraction of sp³-hybridized carbons (Fsp3) is 0.200. The Kier molecular flexibility index (Phi) is 7.26. The van der Waals surface area contributed by atoms with E-state index < -0.39 is 28.2 Å². The molecule has 0 bridgehead atoms. The zero-order valence-electron chi connectivity index (χ0n) is 16.3. The molecule has 0 fully saturated rings. The minimum absolute atomic E-state index is 0.176. The molecule has 3 atom stereocenters. The third-order valence-electron chi connectivity index (χ3n) is 4.65. The second-order valence-corrected chi connectivity index (χ2v) is 9.58. The quantitative estimate of drug-likeness (QED) is 0.426. The molecule has 3 unspecified atom stereocenters. The fourth-order valence-electron chi connectivity index (χ4n) is 3.16. The van der Waals surface area contributed by atoms with Crippen LogP contribution in [0.4, 0.5) is 9.52 Å². The first-order valence-corrected chi connectivity index (χ1v) is 11.8. The Morgan fingerprint density at radius 3 is 2.84 bits per heavy atom. The first-order valence-electron chi connectivity index (χ1n) is 9.09. The van der Waals surface area contributed by atoms with Gasteiger partial charge >= 0.3 is 0 Å². The molecule has 1 aliphatic carbocycles. The fourth-order valence-corrected chi connectivity index (χ4v) is 5.19. The predicted molar refractivity (Wildman–Crippen MR) is 122 cm³/mol. The number of rotatable bonds is 8. The molecular weight excluding hydrogens is 463 g/mol. The van der Waals surface area contributed by atoms with Crippen molar-refractivity contribution in [2.75, 3.05) is 11.8 Å². The van der Waals surface area contributed by atoms with Gasteiger partial charge in [-0.15, -0.1) is 11.3 Å². The first kappa shape index (κ1) is 23.1. The molecule has 31 heavy (non-hydrogen) atoms. The molecule has 0 amide bonds. The summed E-state index contributed by atoms with van der Waals surface area (Å²) >= 11 is 7.20. The van der Waals surface area contributed by atoms with Gasteiger partial charge < -0.3 is 15.8 Å². The van der Waals surface area contributed by atoms with E-state index in [0.29, 0.717) is 21.8 Å². The van der Waals surface area contributed by atoms with E-state index in [-0.39, 0.29) is 10.0 Å². The number of nitrogens with one attached hydrogen (secondary N) is 3. The zero-order valence-corrected chi connectivity index (χ0v) is 18.7. The van der Waals surface area contributed by atoms with Crippen molar-refractivity contribution in [3.63, 3.8) is 0 Å². The van der Waals surface area contributed by atoms with Crippen molar-refractivity contribution in [3.8, 4) is 0 Å². The Labute approximate surface area is 188 Å². The molecular formula is C20H20ClFN4O3S2. The summed E-state index contributed by atoms with van der Waals surface area (Å²) in [5, 5.41) is 23.4. The average molecular weight is 483 g/mol. The van der Waals surface area contributed by atoms with Crippen LogP contribution in [-0.4, -0.2) is 37.9 Å². The number of benzene rings is 1. The highest BCUT2D eigenvalue weighted by Gasteiger charge is 2.33. The molecule has 0 radical (unpaired) electrons. The second-order valence-electron chi connectivity index (χ2n) is 6.57. The zero-order chi connectivity index (χ0) is 22.6. The number of allylic oxidation sites excluding steroid dienone is 3. The van der Waals surface area contributed by atoms with E-state index in [1.165, 1.54) is 24.4 Å². The maximum atomic E-state index is 15.0. The van der Waals surface area contributed by atoms with E-state index in [9.17, 15) is 13.5 Å². The average Bonchev–Trinajstić information content (AvgIpc) is 3.23. The number of hydrogen-bond donors (Lipinski definition) is 4. The van der Waals surface area contributed by atoms with Crippen LogP contribution in [0, 0.1) is 11.3 Å². The van der Waals surface area contributed by atoms with E-state index in [0.717, 1.165) is 23.6 Å². The van der Waals surface area contributed by atoms with Crippen molar-refractivity contribution < 1.29 is 17.9 Å². The van der Waals surface area contributed by atoms with Gasteiger partial charge in [0.2, 0.25) is 0 Å². The van der Waals surface area contributed by atoms with Gasteiger partial charge in [-0.1, -0.05) is 23.7 Å². The highest BCUT2D eigenvalue weighted by Crippen LogP contribution is 2.36. The summed E-state index contributed by atoms with van der Waals surface area (Å²) in [7, 11) is -2.35. The van der Waals surface area contributed by atoms with Crippen LogP contribution in [0.3, 0.4) is 0 Å². The summed E-state index contributed by atoms with van der Waals surface area (Å²) in [6.45, 7) is 0. The van der Waals surface area contributed by atoms with Gasteiger partial charge in [-0.2, -0.15) is 0 Å². The lowest BCUT2D eigenvalue weighted by Gasteiger charge is -2.27. The number of aliphatic hydroxyl groups is 1. The molecule has 7 nitrogen and oxygen atoms in total. The number of sulfonamides is 1. The minimum Gasteiger partial charge on any atom is -0.388 e. The molecule has 0 spiro atoms. The van der Waals surface area contributed by atoms with Gasteiger partial charge in [0.1, 0.15) is 6.17 Å². The summed E-state index contributed by atoms with van der Waals surface area (Å²) in [5.74, 6) is -1.02. The van der Waals surface area contributed by atoms with Gasteiger partial charge in [0, 0.05) is 47.0 Å². The maximum Gasteiger partial charge on any atom is 0.263 e. The van der Waals surface area contributed by atoms with Crippen molar-refractivity contribution in [1.82, 2.24) is 10.3 Å². The number of halogens is 2. The normalized spacial score (nSPS) is 20.1. The van der Waals surface area contributed by atoms with Crippen molar-refractivity contribution in [2.45, 2.75) is 12.3 Å². The molecule has 0 saturated heterocycles. The molecule has 3 rings (SSSR count). The van der Waals surface area contributed by atoms with E-state index >= 15 is 4.39 Å². The molecule has 1 heterocycles. The number of aliphatic hydroxyl groups excluding tert-OH is 1. The second kappa shape index (κ2) is 9.73. The Morgan fingerprint density at radius 2 is 2.23 bits per heavy atom. The van der Waals surface area contributed by atoms with E-state index in [1.54, 1.807) is 30.6 Å². The number of thiazole rings is 1. The Balaban J connectivity index is 1.88. The van der Waals surface area contributed by atoms with Gasteiger partial charge in [-0.05, 0) is 35.9 Å². The minimum atomic E-state index is -4.00. The van der Waals surface area contributed by atoms with Crippen LogP contribution in [0.15, 0.2) is 59.0 Å². The molecule has 11 heteroatoms. The molecule has 0 aliphatic heterocycles. The highest BCUT2D eigenvalue weighted by atomic mass is 35.5. The van der Waals surface area contributed by atoms with Gasteiger partial charge in [0.05, 0.1) is 11.0 Å². The molecule has 1 aliphatic rings. The molecule has 1 aromatic carbocycles. The number of nitrogens with zero attached hydrogens (tertiary/aromatic N) is 1. The van der Waals surface area contributed by atoms with E-state index in [1.807, 2.05) is 0 Å². The van der Waals surface area contributed by atoms with E-state index in [2.05, 4.69) is 15.0 Å². The van der Waals surface area contributed by atoms with Crippen LogP contribution in [0.2, 0.25) is 5.02 Å². The van der Waals surface area contributed by atoms with Crippen LogP contribution >= 0.6 is 22.9 Å². The molecule has 2 aromatic rings. The predicted octanol–water partition coefficient (Wildman–Crippen LogP) is 3.89. The Morgan fingerprint density at radius 1 is 1.45 bits per heavy atom. The molecule has 164 valence electrons. The van der Waals surface area contributed by atoms with Crippen molar-refractivity contribution in [2.24, 2.45) is 5.92 Å². The lowest BCUT2D eigenvalue weighted by molar-refractivity contribution is 0.0949. The van der Waals surface area contributed by atoms with Crippen LogP contribution in [-0.2, 0) is 10.0 Å². The smallest absolute Gasteiger partial charge is 0.263 e. The van der Waals surface area contributed by atoms with Crippen molar-refractivity contribution in [3.05, 3.63) is 75.1 Å². The number of alkyl halides is 1. The third kappa shape index (κ3) is 5.21. The Hall–Kier alpha value is -2.53. The first-order chi connectivity index (χ1) is 14.8. The largest absolute Gasteiger partial charge is 0.388 e. The van der Waals surface area contributed by atoms with E-state index in [4.69, 9.17) is 17.0 Å². The van der Waals surface area contributed by atoms with Gasteiger partial charge in [0.25, 0.3) is 10.0 Å². The number of hydrogen-bond acceptors (Lipinski definition) is 7. The summed E-state index contributed by atoms with van der Waals surface area (Å²) < 4.78 is 42.3. The van der Waals surface area contributed by atoms with Crippen LogP contribution in [0.25, 0.3) is 5.70 Å². The standard InChI is InChI=1S/C20H20ClFN4O3S2/c1-24-18(6-7-23)16-10-12(21)2-4-14(16)19(27)15-5-3-13(11-17(15)22)31(28,29)26-20-25-8-9-30-20/h2-11,15,17,19,23-24,27H,1H3,(H,25,26)/b18-6-,23-7?. The molecule has 4 N–H and O–H groups in total. The van der Waals surface area contributed by atoms with Gasteiger partial charge in [-0.3, -0.25) is 4.72 Å². The maximum absolute atomic E-state index is 15.0. The number of anilines is 1. The molecule has 0 saturated carbocycles. The summed E-state index contributed by atoms with van der Waals surface area (Å²) in [4.78, 5) is 3.62. The van der Waals surface area contributed by atoms with Crippen LogP contribution in [0.5, 0.6) is 0 Å².